The maximum absolute atomic E-state index is 12.0. The summed E-state index contributed by atoms with van der Waals surface area (Å²) in [5, 5.41) is 10.7. The third kappa shape index (κ3) is 3.71. The standard InChI is InChI=1S/C15H23N3O3/c1-14(2,3)21-13(19)18-8-6-15(20,10-18)12(16)11-5-4-7-17-9-11/h4-5,7,9,12,20H,6,8,10,16H2,1-3H3. The van der Waals surface area contributed by atoms with E-state index in [0.717, 1.165) is 5.56 Å². The number of aromatic nitrogens is 1. The number of nitrogens with zero attached hydrogens (tertiary/aromatic N) is 2. The molecule has 2 unspecified atom stereocenters. The summed E-state index contributed by atoms with van der Waals surface area (Å²) in [5.74, 6) is 0. The number of carbonyl (C=O) groups excluding carboxylic acids is 1. The molecule has 1 aromatic rings. The molecule has 2 rings (SSSR count). The molecule has 21 heavy (non-hydrogen) atoms. The molecule has 6 heteroatoms. The third-order valence-corrected chi connectivity index (χ3v) is 3.55. The van der Waals surface area contributed by atoms with Gasteiger partial charge >= 0.3 is 6.09 Å². The molecule has 1 aliphatic heterocycles. The summed E-state index contributed by atoms with van der Waals surface area (Å²) in [6.45, 7) is 6.04. The summed E-state index contributed by atoms with van der Waals surface area (Å²) in [5.41, 5.74) is 5.21. The highest BCUT2D eigenvalue weighted by Crippen LogP contribution is 2.32. The van der Waals surface area contributed by atoms with Crippen LogP contribution in [-0.2, 0) is 4.74 Å². The topological polar surface area (TPSA) is 88.7 Å². The van der Waals surface area contributed by atoms with Crippen LogP contribution in [0.15, 0.2) is 24.5 Å². The lowest BCUT2D eigenvalue weighted by atomic mass is 9.89. The Bertz CT molecular complexity index is 501. The second-order valence-corrected chi connectivity index (χ2v) is 6.52. The highest BCUT2D eigenvalue weighted by atomic mass is 16.6. The number of likely N-dealkylation sites (tertiary alicyclic amines) is 1. The lowest BCUT2D eigenvalue weighted by molar-refractivity contribution is 0.00503. The van der Waals surface area contributed by atoms with Crippen molar-refractivity contribution in [2.24, 2.45) is 5.73 Å². The molecule has 0 bridgehead atoms. The van der Waals surface area contributed by atoms with E-state index in [-0.39, 0.29) is 6.54 Å². The van der Waals surface area contributed by atoms with Gasteiger partial charge in [-0.15, -0.1) is 0 Å². The zero-order chi connectivity index (χ0) is 15.7. The van der Waals surface area contributed by atoms with Crippen molar-refractivity contribution >= 4 is 6.09 Å². The SMILES string of the molecule is CC(C)(C)OC(=O)N1CCC(O)(C(N)c2cccnc2)C1. The van der Waals surface area contributed by atoms with Crippen LogP contribution in [0.2, 0.25) is 0 Å². The molecule has 3 N–H and O–H groups in total. The molecule has 0 aliphatic carbocycles. The number of nitrogens with two attached hydrogens (primary N) is 1. The first-order valence-electron chi connectivity index (χ1n) is 7.07. The fourth-order valence-corrected chi connectivity index (χ4v) is 2.42. The molecule has 1 saturated heterocycles. The van der Waals surface area contributed by atoms with Gasteiger partial charge in [0.1, 0.15) is 11.2 Å². The van der Waals surface area contributed by atoms with Crippen LogP contribution in [0.4, 0.5) is 4.79 Å². The van der Waals surface area contributed by atoms with Crippen LogP contribution >= 0.6 is 0 Å². The zero-order valence-corrected chi connectivity index (χ0v) is 12.7. The van der Waals surface area contributed by atoms with Crippen LogP contribution in [-0.4, -0.2) is 45.4 Å². The number of aliphatic hydroxyl groups is 1. The molecular formula is C15H23N3O3. The molecule has 1 aliphatic rings. The van der Waals surface area contributed by atoms with Crippen LogP contribution in [0.5, 0.6) is 0 Å². The second kappa shape index (κ2) is 5.61. The van der Waals surface area contributed by atoms with Crippen molar-refractivity contribution in [2.45, 2.75) is 44.4 Å². The molecule has 1 fully saturated rings. The van der Waals surface area contributed by atoms with E-state index in [2.05, 4.69) is 4.98 Å². The van der Waals surface area contributed by atoms with Crippen molar-refractivity contribution in [3.8, 4) is 0 Å². The van der Waals surface area contributed by atoms with Crippen LogP contribution < -0.4 is 5.73 Å². The molecule has 2 atom stereocenters. The molecule has 0 aromatic carbocycles. The summed E-state index contributed by atoms with van der Waals surface area (Å²) in [6, 6.07) is 3.02. The Labute approximate surface area is 124 Å². The predicted molar refractivity (Wildman–Crippen MR) is 78.5 cm³/mol. The van der Waals surface area contributed by atoms with Gasteiger partial charge in [0.25, 0.3) is 0 Å². The smallest absolute Gasteiger partial charge is 0.410 e. The molecule has 116 valence electrons. The quantitative estimate of drug-likeness (QED) is 0.861. The van der Waals surface area contributed by atoms with Crippen molar-refractivity contribution in [3.63, 3.8) is 0 Å². The number of pyridine rings is 1. The van der Waals surface area contributed by atoms with Crippen molar-refractivity contribution in [2.75, 3.05) is 13.1 Å². The van der Waals surface area contributed by atoms with E-state index in [4.69, 9.17) is 10.5 Å². The number of ether oxygens (including phenoxy) is 1. The first-order chi connectivity index (χ1) is 9.71. The van der Waals surface area contributed by atoms with E-state index in [1.54, 1.807) is 18.5 Å². The Morgan fingerprint density at radius 1 is 1.57 bits per heavy atom. The largest absolute Gasteiger partial charge is 0.444 e. The highest BCUT2D eigenvalue weighted by Gasteiger charge is 2.44. The van der Waals surface area contributed by atoms with Gasteiger partial charge < -0.3 is 20.5 Å². The third-order valence-electron chi connectivity index (χ3n) is 3.55. The summed E-state index contributed by atoms with van der Waals surface area (Å²) in [6.07, 6.45) is 3.29. The minimum Gasteiger partial charge on any atom is -0.444 e. The highest BCUT2D eigenvalue weighted by molar-refractivity contribution is 5.68. The van der Waals surface area contributed by atoms with Crippen LogP contribution in [0.3, 0.4) is 0 Å². The Morgan fingerprint density at radius 3 is 2.86 bits per heavy atom. The summed E-state index contributed by atoms with van der Waals surface area (Å²) < 4.78 is 5.32. The molecule has 6 nitrogen and oxygen atoms in total. The van der Waals surface area contributed by atoms with Gasteiger partial charge in [0.2, 0.25) is 0 Å². The van der Waals surface area contributed by atoms with Crippen molar-refractivity contribution in [3.05, 3.63) is 30.1 Å². The summed E-state index contributed by atoms with van der Waals surface area (Å²) in [7, 11) is 0. The maximum atomic E-state index is 12.0. The van der Waals surface area contributed by atoms with Crippen molar-refractivity contribution < 1.29 is 14.6 Å². The summed E-state index contributed by atoms with van der Waals surface area (Å²) in [4.78, 5) is 17.6. The first-order valence-corrected chi connectivity index (χ1v) is 7.07. The molecular weight excluding hydrogens is 270 g/mol. The lowest BCUT2D eigenvalue weighted by Crippen LogP contribution is -2.45. The van der Waals surface area contributed by atoms with Gasteiger partial charge in [-0.2, -0.15) is 0 Å². The van der Waals surface area contributed by atoms with Gasteiger partial charge in [0.15, 0.2) is 0 Å². The van der Waals surface area contributed by atoms with Gasteiger partial charge in [-0.05, 0) is 38.8 Å². The van der Waals surface area contributed by atoms with E-state index in [0.29, 0.717) is 13.0 Å². The lowest BCUT2D eigenvalue weighted by Gasteiger charge is -2.30. The minimum atomic E-state index is -1.15. The van der Waals surface area contributed by atoms with E-state index < -0.39 is 23.3 Å². The Hall–Kier alpha value is -1.66. The van der Waals surface area contributed by atoms with Crippen molar-refractivity contribution in [1.82, 2.24) is 9.88 Å². The molecule has 1 amide bonds. The van der Waals surface area contributed by atoms with Crippen LogP contribution in [0.1, 0.15) is 38.8 Å². The minimum absolute atomic E-state index is 0.165. The molecule has 0 spiro atoms. The molecule has 1 aromatic heterocycles. The van der Waals surface area contributed by atoms with E-state index >= 15 is 0 Å². The first kappa shape index (κ1) is 15.7. The fourth-order valence-electron chi connectivity index (χ4n) is 2.42. The number of rotatable bonds is 2. The van der Waals surface area contributed by atoms with E-state index in [1.165, 1.54) is 4.90 Å². The van der Waals surface area contributed by atoms with Gasteiger partial charge in [-0.3, -0.25) is 4.98 Å². The average Bonchev–Trinajstić information content (AvgIpc) is 2.81. The van der Waals surface area contributed by atoms with E-state index in [1.807, 2.05) is 26.8 Å². The van der Waals surface area contributed by atoms with Crippen LogP contribution in [0.25, 0.3) is 0 Å². The number of carbonyl (C=O) groups is 1. The average molecular weight is 293 g/mol. The van der Waals surface area contributed by atoms with Gasteiger partial charge in [-0.1, -0.05) is 6.07 Å². The molecule has 0 saturated carbocycles. The fraction of sp³-hybridized carbons (Fsp3) is 0.600. The number of hydrogen-bond acceptors (Lipinski definition) is 5. The Morgan fingerprint density at radius 2 is 2.29 bits per heavy atom. The predicted octanol–water partition coefficient (Wildman–Crippen LogP) is 1.45. The van der Waals surface area contributed by atoms with Crippen LogP contribution in [0, 0.1) is 0 Å². The number of β-amino-alcohol motifs (C(OH)–C–C–N with tert-alkyl or cyclic N) is 1. The van der Waals surface area contributed by atoms with Gasteiger partial charge in [-0.25, -0.2) is 4.79 Å². The Kier molecular flexibility index (Phi) is 4.20. The van der Waals surface area contributed by atoms with E-state index in [9.17, 15) is 9.90 Å². The Balaban J connectivity index is 2.05. The van der Waals surface area contributed by atoms with Gasteiger partial charge in [0, 0.05) is 18.9 Å². The van der Waals surface area contributed by atoms with Crippen molar-refractivity contribution in [1.29, 1.82) is 0 Å². The maximum Gasteiger partial charge on any atom is 0.410 e. The number of amides is 1. The molecule has 2 heterocycles. The normalized spacial score (nSPS) is 24.0. The monoisotopic (exact) mass is 293 g/mol. The number of hydrogen-bond donors (Lipinski definition) is 2. The van der Waals surface area contributed by atoms with Gasteiger partial charge in [0.05, 0.1) is 12.6 Å². The second-order valence-electron chi connectivity index (χ2n) is 6.52. The molecule has 0 radical (unpaired) electrons. The summed E-state index contributed by atoms with van der Waals surface area (Å²) >= 11 is 0. The zero-order valence-electron chi connectivity index (χ0n) is 12.7.